The Kier molecular flexibility index (Phi) is 7.14. The van der Waals surface area contributed by atoms with Crippen LogP contribution in [0.1, 0.15) is 44.2 Å². The zero-order valence-electron chi connectivity index (χ0n) is 12.0. The van der Waals surface area contributed by atoms with E-state index in [-0.39, 0.29) is 11.9 Å². The predicted molar refractivity (Wildman–Crippen MR) is 82.8 cm³/mol. The topological polar surface area (TPSA) is 26.3 Å². The first kappa shape index (κ1) is 16.2. The van der Waals surface area contributed by atoms with Crippen molar-refractivity contribution in [1.29, 1.82) is 0 Å². The summed E-state index contributed by atoms with van der Waals surface area (Å²) in [6.45, 7) is 6.79. The Morgan fingerprint density at radius 3 is 2.37 bits per heavy atom. The van der Waals surface area contributed by atoms with Gasteiger partial charge in [0.25, 0.3) is 0 Å². The Balaban J connectivity index is 2.56. The van der Waals surface area contributed by atoms with Gasteiger partial charge >= 0.3 is 5.97 Å². The predicted octanol–water partition coefficient (Wildman–Crippen LogP) is 4.32. The number of carbonyl (C=O) groups excluding carboxylic acids is 1. The van der Waals surface area contributed by atoms with E-state index < -0.39 is 0 Å². The summed E-state index contributed by atoms with van der Waals surface area (Å²) >= 11 is 3.32. The maximum absolute atomic E-state index is 11.8. The number of ether oxygens (including phenoxy) is 1. The molecule has 19 heavy (non-hydrogen) atoms. The van der Waals surface area contributed by atoms with Crippen LogP contribution >= 0.6 is 15.9 Å². The third kappa shape index (κ3) is 5.77. The van der Waals surface area contributed by atoms with Gasteiger partial charge in [0.2, 0.25) is 0 Å². The minimum absolute atomic E-state index is 0.141. The van der Waals surface area contributed by atoms with Gasteiger partial charge in [-0.2, -0.15) is 0 Å². The van der Waals surface area contributed by atoms with Gasteiger partial charge in [-0.15, -0.1) is 0 Å². The highest BCUT2D eigenvalue weighted by atomic mass is 79.9. The van der Waals surface area contributed by atoms with E-state index in [9.17, 15) is 4.79 Å². The molecule has 3 heteroatoms. The average Bonchev–Trinajstić information content (AvgIpc) is 2.38. The Labute approximate surface area is 124 Å². The lowest BCUT2D eigenvalue weighted by molar-refractivity contribution is -0.145. The zero-order chi connectivity index (χ0) is 14.3. The van der Waals surface area contributed by atoms with Crippen molar-refractivity contribution in [3.8, 4) is 0 Å². The molecule has 0 aliphatic heterocycles. The van der Waals surface area contributed by atoms with E-state index >= 15 is 0 Å². The fourth-order valence-electron chi connectivity index (χ4n) is 1.90. The second-order valence-electron chi connectivity index (χ2n) is 5.27. The van der Waals surface area contributed by atoms with E-state index in [1.807, 2.05) is 19.1 Å². The maximum Gasteiger partial charge on any atom is 0.313 e. The number of benzene rings is 1. The fraction of sp³-hybridized carbons (Fsp3) is 0.562. The number of halogens is 1. The van der Waals surface area contributed by atoms with Gasteiger partial charge in [0.05, 0.1) is 12.5 Å². The van der Waals surface area contributed by atoms with Crippen LogP contribution in [0, 0.1) is 5.92 Å². The maximum atomic E-state index is 11.8. The van der Waals surface area contributed by atoms with Crippen LogP contribution in [-0.4, -0.2) is 17.9 Å². The Hall–Kier alpha value is -0.830. The van der Waals surface area contributed by atoms with Crippen LogP contribution in [0.15, 0.2) is 24.3 Å². The van der Waals surface area contributed by atoms with Crippen molar-refractivity contribution < 1.29 is 9.53 Å². The largest absolute Gasteiger partial charge is 0.465 e. The average molecular weight is 327 g/mol. The molecular weight excluding hydrogens is 304 g/mol. The quantitative estimate of drug-likeness (QED) is 0.424. The molecule has 0 saturated heterocycles. The molecule has 0 amide bonds. The van der Waals surface area contributed by atoms with Gasteiger partial charge in [0.1, 0.15) is 0 Å². The summed E-state index contributed by atoms with van der Waals surface area (Å²) in [7, 11) is 0. The van der Waals surface area contributed by atoms with Gasteiger partial charge in [-0.05, 0) is 36.8 Å². The lowest BCUT2D eigenvalue weighted by Crippen LogP contribution is -2.14. The molecular formula is C16H23BrO2. The first-order valence-electron chi connectivity index (χ1n) is 6.86. The van der Waals surface area contributed by atoms with Crippen LogP contribution in [0.25, 0.3) is 0 Å². The molecule has 0 bridgehead atoms. The van der Waals surface area contributed by atoms with Gasteiger partial charge in [-0.1, -0.05) is 54.0 Å². The van der Waals surface area contributed by atoms with Crippen molar-refractivity contribution in [3.05, 3.63) is 35.4 Å². The second kappa shape index (κ2) is 8.36. The number of rotatable bonds is 7. The molecule has 0 aliphatic carbocycles. The van der Waals surface area contributed by atoms with Gasteiger partial charge in [0.15, 0.2) is 0 Å². The van der Waals surface area contributed by atoms with Gasteiger partial charge < -0.3 is 4.74 Å². The molecule has 0 spiro atoms. The number of hydrogen-bond acceptors (Lipinski definition) is 2. The summed E-state index contributed by atoms with van der Waals surface area (Å²) in [6.07, 6.45) is 1.93. The van der Waals surface area contributed by atoms with Crippen molar-refractivity contribution in [1.82, 2.24) is 0 Å². The molecule has 106 valence electrons. The summed E-state index contributed by atoms with van der Waals surface area (Å²) in [6, 6.07) is 8.29. The molecule has 1 aromatic carbocycles. The van der Waals surface area contributed by atoms with Crippen molar-refractivity contribution in [3.63, 3.8) is 0 Å². The normalized spacial score (nSPS) is 12.5. The van der Waals surface area contributed by atoms with Crippen molar-refractivity contribution in [2.24, 2.45) is 5.92 Å². The summed E-state index contributed by atoms with van der Waals surface area (Å²) in [5, 5.41) is 0.860. The second-order valence-corrected chi connectivity index (χ2v) is 6.06. The van der Waals surface area contributed by atoms with Gasteiger partial charge in [-0.3, -0.25) is 4.79 Å². The van der Waals surface area contributed by atoms with Gasteiger partial charge in [-0.25, -0.2) is 0 Å². The van der Waals surface area contributed by atoms with E-state index in [0.29, 0.717) is 12.5 Å². The van der Waals surface area contributed by atoms with Crippen molar-refractivity contribution in [2.45, 2.75) is 39.5 Å². The third-order valence-electron chi connectivity index (χ3n) is 3.00. The molecule has 0 fully saturated rings. The Morgan fingerprint density at radius 2 is 1.84 bits per heavy atom. The molecule has 1 aromatic rings. The van der Waals surface area contributed by atoms with Crippen LogP contribution in [0.4, 0.5) is 0 Å². The highest BCUT2D eigenvalue weighted by molar-refractivity contribution is 9.09. The van der Waals surface area contributed by atoms with Crippen LogP contribution < -0.4 is 0 Å². The lowest BCUT2D eigenvalue weighted by atomic mass is 9.97. The first-order valence-corrected chi connectivity index (χ1v) is 7.98. The Bertz CT molecular complexity index is 384. The first-order chi connectivity index (χ1) is 9.04. The number of carbonyl (C=O) groups is 1. The summed E-state index contributed by atoms with van der Waals surface area (Å²) < 4.78 is 5.22. The van der Waals surface area contributed by atoms with Crippen molar-refractivity contribution in [2.75, 3.05) is 11.9 Å². The van der Waals surface area contributed by atoms with E-state index in [0.717, 1.165) is 23.7 Å². The summed E-state index contributed by atoms with van der Waals surface area (Å²) in [4.78, 5) is 11.8. The van der Waals surface area contributed by atoms with E-state index in [1.54, 1.807) is 0 Å². The summed E-state index contributed by atoms with van der Waals surface area (Å²) in [5.74, 6) is 0.318. The number of alkyl halides is 1. The van der Waals surface area contributed by atoms with Crippen LogP contribution in [0.5, 0.6) is 0 Å². The number of hydrogen-bond donors (Lipinski definition) is 0. The smallest absolute Gasteiger partial charge is 0.313 e. The molecule has 2 nitrogen and oxygen atoms in total. The molecule has 0 radical (unpaired) electrons. The van der Waals surface area contributed by atoms with Crippen LogP contribution in [0.2, 0.25) is 0 Å². The highest BCUT2D eigenvalue weighted by Crippen LogP contribution is 2.19. The SMILES string of the molecule is CC(C)Cc1ccc([C@H](C)C(=O)OCCCBr)cc1. The third-order valence-corrected chi connectivity index (χ3v) is 3.56. The van der Waals surface area contributed by atoms with Gasteiger partial charge in [0, 0.05) is 5.33 Å². The Morgan fingerprint density at radius 1 is 1.21 bits per heavy atom. The molecule has 0 heterocycles. The highest BCUT2D eigenvalue weighted by Gasteiger charge is 2.16. The summed E-state index contributed by atoms with van der Waals surface area (Å²) in [5.41, 5.74) is 2.34. The molecule has 0 N–H and O–H groups in total. The fourth-order valence-corrected chi connectivity index (χ4v) is 2.13. The molecule has 0 aromatic heterocycles. The minimum Gasteiger partial charge on any atom is -0.465 e. The molecule has 1 atom stereocenters. The van der Waals surface area contributed by atoms with Crippen molar-refractivity contribution >= 4 is 21.9 Å². The zero-order valence-corrected chi connectivity index (χ0v) is 13.6. The molecule has 1 rings (SSSR count). The molecule has 0 saturated carbocycles. The van der Waals surface area contributed by atoms with E-state index in [1.165, 1.54) is 5.56 Å². The lowest BCUT2D eigenvalue weighted by Gasteiger charge is -2.12. The van der Waals surface area contributed by atoms with Crippen LogP contribution in [0.3, 0.4) is 0 Å². The monoisotopic (exact) mass is 326 g/mol. The standard InChI is InChI=1S/C16H23BrO2/c1-12(2)11-14-5-7-15(8-6-14)13(3)16(18)19-10-4-9-17/h5-8,12-13H,4,9-11H2,1-3H3/t13-/m0/s1. The number of esters is 1. The van der Waals surface area contributed by atoms with E-state index in [2.05, 4.69) is 41.9 Å². The molecule has 0 aliphatic rings. The van der Waals surface area contributed by atoms with E-state index in [4.69, 9.17) is 4.74 Å². The van der Waals surface area contributed by atoms with Crippen LogP contribution in [-0.2, 0) is 16.0 Å². The minimum atomic E-state index is -0.191. The molecule has 0 unspecified atom stereocenters.